The normalized spacial score (nSPS) is 16.8. The first kappa shape index (κ1) is 29.9. The summed E-state index contributed by atoms with van der Waals surface area (Å²) in [4.78, 5) is 38.6. The molecule has 0 radical (unpaired) electrons. The van der Waals surface area contributed by atoms with Crippen molar-refractivity contribution in [3.63, 3.8) is 0 Å². The molecule has 2 aliphatic rings. The zero-order chi connectivity index (χ0) is 32.3. The highest BCUT2D eigenvalue weighted by Gasteiger charge is 2.41. The van der Waals surface area contributed by atoms with Gasteiger partial charge in [-0.2, -0.15) is 10.4 Å². The standard InChI is InChI=1S/C37H24N6O2S2/c1-24(44)34-41-43(28-20-12-5-13-21-28)36(47-34)32-35(45)42(27-18-10-4-11-19-27)37(46-32)40-33-30(23-38)29(25-14-6-2-7-15-25)22-31(39-33)26-16-8-3-9-17-26/h2-22H,1H3/b36-32-,40-37?. The van der Waals surface area contributed by atoms with Gasteiger partial charge in [0.2, 0.25) is 0 Å². The number of rotatable bonds is 6. The van der Waals surface area contributed by atoms with Crippen LogP contribution in [0.3, 0.4) is 0 Å². The smallest absolute Gasteiger partial charge is 0.274 e. The number of anilines is 2. The number of hydrogen-bond donors (Lipinski definition) is 0. The Morgan fingerprint density at radius 3 is 1.96 bits per heavy atom. The minimum atomic E-state index is -0.329. The van der Waals surface area contributed by atoms with Crippen molar-refractivity contribution in [1.82, 2.24) is 4.98 Å². The summed E-state index contributed by atoms with van der Waals surface area (Å²) in [5, 5.41) is 17.8. The van der Waals surface area contributed by atoms with Gasteiger partial charge in [0.05, 0.1) is 17.1 Å². The van der Waals surface area contributed by atoms with E-state index in [4.69, 9.17) is 9.98 Å². The average Bonchev–Trinajstić information content (AvgIpc) is 3.71. The number of para-hydroxylation sites is 2. The number of benzene rings is 4. The number of amidine groups is 1. The van der Waals surface area contributed by atoms with E-state index in [2.05, 4.69) is 11.2 Å². The Balaban J connectivity index is 1.43. The maximum atomic E-state index is 14.4. The van der Waals surface area contributed by atoms with E-state index >= 15 is 0 Å². The predicted molar refractivity (Wildman–Crippen MR) is 190 cm³/mol. The van der Waals surface area contributed by atoms with E-state index in [0.717, 1.165) is 34.7 Å². The van der Waals surface area contributed by atoms with Crippen LogP contribution in [0.25, 0.3) is 22.4 Å². The lowest BCUT2D eigenvalue weighted by Crippen LogP contribution is -2.29. The van der Waals surface area contributed by atoms with Crippen molar-refractivity contribution in [3.8, 4) is 28.5 Å². The Hall–Kier alpha value is -5.76. The monoisotopic (exact) mass is 648 g/mol. The van der Waals surface area contributed by atoms with E-state index in [1.54, 1.807) is 5.01 Å². The molecule has 4 aromatic carbocycles. The highest BCUT2D eigenvalue weighted by molar-refractivity contribution is 8.22. The molecule has 1 aromatic heterocycles. The lowest BCUT2D eigenvalue weighted by molar-refractivity contribution is -0.113. The van der Waals surface area contributed by atoms with Crippen LogP contribution in [0.1, 0.15) is 12.5 Å². The maximum Gasteiger partial charge on any atom is 0.274 e. The van der Waals surface area contributed by atoms with Crippen molar-refractivity contribution >= 4 is 62.6 Å². The summed E-state index contributed by atoms with van der Waals surface area (Å²) >= 11 is 2.31. The molecule has 2 aliphatic heterocycles. The van der Waals surface area contributed by atoms with Crippen molar-refractivity contribution in [2.24, 2.45) is 10.1 Å². The number of hydrogen-bond acceptors (Lipinski definition) is 9. The molecular weight excluding hydrogens is 625 g/mol. The SMILES string of the molecule is CC(=O)C1=NN(c2ccccc2)/C(=C2/SC(=Nc3nc(-c4ccccc4)cc(-c4ccccc4)c3C#N)N(c3ccccc3)C2=O)S1. The van der Waals surface area contributed by atoms with E-state index < -0.39 is 0 Å². The lowest BCUT2D eigenvalue weighted by Gasteiger charge is -2.17. The number of ketones is 1. The molecule has 7 rings (SSSR count). The first-order valence-electron chi connectivity index (χ1n) is 14.6. The summed E-state index contributed by atoms with van der Waals surface area (Å²) in [5.41, 5.74) is 4.63. The number of aromatic nitrogens is 1. The van der Waals surface area contributed by atoms with Crippen LogP contribution in [0.4, 0.5) is 17.2 Å². The van der Waals surface area contributed by atoms with Gasteiger partial charge in [-0.15, -0.1) is 0 Å². The Morgan fingerprint density at radius 1 is 0.787 bits per heavy atom. The largest absolute Gasteiger partial charge is 0.292 e. The van der Waals surface area contributed by atoms with E-state index in [1.807, 2.05) is 127 Å². The first-order chi connectivity index (χ1) is 23.0. The number of thioether (sulfide) groups is 2. The van der Waals surface area contributed by atoms with Crippen LogP contribution in [0.15, 0.2) is 147 Å². The maximum absolute atomic E-state index is 14.4. The molecule has 1 saturated heterocycles. The molecule has 5 aromatic rings. The zero-order valence-corrected chi connectivity index (χ0v) is 26.6. The van der Waals surface area contributed by atoms with Crippen LogP contribution in [0.5, 0.6) is 0 Å². The van der Waals surface area contributed by atoms with Crippen LogP contribution < -0.4 is 9.91 Å². The molecule has 0 saturated carbocycles. The number of Topliss-reactive ketones (excluding diaryl/α,β-unsaturated/α-hetero) is 1. The van der Waals surface area contributed by atoms with Crippen LogP contribution in [-0.4, -0.2) is 26.9 Å². The summed E-state index contributed by atoms with van der Waals surface area (Å²) in [7, 11) is 0. The third-order valence-corrected chi connectivity index (χ3v) is 9.63. The molecule has 0 spiro atoms. The Morgan fingerprint density at radius 2 is 1.36 bits per heavy atom. The number of pyridine rings is 1. The summed E-state index contributed by atoms with van der Waals surface area (Å²) in [5.74, 6) is -0.343. The van der Waals surface area contributed by atoms with Gasteiger partial charge in [-0.1, -0.05) is 97.1 Å². The molecule has 47 heavy (non-hydrogen) atoms. The van der Waals surface area contributed by atoms with Crippen molar-refractivity contribution in [1.29, 1.82) is 5.26 Å². The molecule has 1 amide bonds. The van der Waals surface area contributed by atoms with Crippen molar-refractivity contribution in [2.45, 2.75) is 6.92 Å². The number of carbonyl (C=O) groups excluding carboxylic acids is 2. The average molecular weight is 649 g/mol. The second-order valence-corrected chi connectivity index (χ2v) is 12.4. The van der Waals surface area contributed by atoms with E-state index in [0.29, 0.717) is 37.7 Å². The van der Waals surface area contributed by atoms with Gasteiger partial charge in [0.1, 0.15) is 21.6 Å². The van der Waals surface area contributed by atoms with Crippen LogP contribution >= 0.6 is 23.5 Å². The number of hydrazone groups is 1. The van der Waals surface area contributed by atoms with Crippen molar-refractivity contribution in [2.75, 3.05) is 9.91 Å². The second kappa shape index (κ2) is 12.9. The van der Waals surface area contributed by atoms with Gasteiger partial charge in [-0.3, -0.25) is 14.5 Å². The molecule has 0 N–H and O–H groups in total. The minimum absolute atomic E-state index is 0.190. The van der Waals surface area contributed by atoms with Crippen LogP contribution in [0.2, 0.25) is 0 Å². The minimum Gasteiger partial charge on any atom is -0.292 e. The Bertz CT molecular complexity index is 2150. The number of amides is 1. The Kier molecular flexibility index (Phi) is 8.23. The topological polar surface area (TPSA) is 102 Å². The lowest BCUT2D eigenvalue weighted by atomic mass is 9.98. The highest BCUT2D eigenvalue weighted by atomic mass is 32.2. The molecule has 226 valence electrons. The fourth-order valence-corrected chi connectivity index (χ4v) is 7.18. The summed E-state index contributed by atoms with van der Waals surface area (Å²) in [6.45, 7) is 1.45. The summed E-state index contributed by atoms with van der Waals surface area (Å²) in [6, 6.07) is 42.1. The molecule has 0 aliphatic carbocycles. The van der Waals surface area contributed by atoms with Gasteiger partial charge < -0.3 is 0 Å². The number of nitrogens with zero attached hydrogens (tertiary/aromatic N) is 6. The third kappa shape index (κ3) is 5.86. The number of carbonyl (C=O) groups is 2. The Labute approximate surface area is 279 Å². The van der Waals surface area contributed by atoms with Crippen LogP contribution in [-0.2, 0) is 9.59 Å². The molecule has 3 heterocycles. The molecule has 0 bridgehead atoms. The molecular formula is C37H24N6O2S2. The number of aliphatic imine (C=N–C) groups is 1. The van der Waals surface area contributed by atoms with Gasteiger partial charge in [0.15, 0.2) is 21.8 Å². The third-order valence-electron chi connectivity index (χ3n) is 7.34. The second-order valence-electron chi connectivity index (χ2n) is 10.4. The zero-order valence-electron chi connectivity index (χ0n) is 24.9. The van der Waals surface area contributed by atoms with Crippen molar-refractivity contribution in [3.05, 3.63) is 143 Å². The quantitative estimate of drug-likeness (QED) is 0.171. The molecule has 0 unspecified atom stereocenters. The predicted octanol–water partition coefficient (Wildman–Crippen LogP) is 8.38. The summed E-state index contributed by atoms with van der Waals surface area (Å²) in [6.07, 6.45) is 0. The molecule has 1 fully saturated rings. The van der Waals surface area contributed by atoms with Gasteiger partial charge in [-0.05, 0) is 59.4 Å². The highest BCUT2D eigenvalue weighted by Crippen LogP contribution is 2.46. The van der Waals surface area contributed by atoms with Gasteiger partial charge in [0.25, 0.3) is 5.91 Å². The molecule has 8 nitrogen and oxygen atoms in total. The van der Waals surface area contributed by atoms with Gasteiger partial charge in [0, 0.05) is 18.1 Å². The van der Waals surface area contributed by atoms with Crippen LogP contribution in [0, 0.1) is 11.3 Å². The fourth-order valence-electron chi connectivity index (χ4n) is 5.12. The number of nitriles is 1. The van der Waals surface area contributed by atoms with Crippen molar-refractivity contribution < 1.29 is 9.59 Å². The van der Waals surface area contributed by atoms with E-state index in [-0.39, 0.29) is 28.1 Å². The molecule has 0 atom stereocenters. The van der Waals surface area contributed by atoms with E-state index in [9.17, 15) is 14.9 Å². The van der Waals surface area contributed by atoms with Gasteiger partial charge >= 0.3 is 0 Å². The first-order valence-corrected chi connectivity index (χ1v) is 16.2. The van der Waals surface area contributed by atoms with E-state index in [1.165, 1.54) is 11.8 Å². The fraction of sp³-hybridized carbons (Fsp3) is 0.0270. The summed E-state index contributed by atoms with van der Waals surface area (Å²) < 4.78 is 0. The van der Waals surface area contributed by atoms with Gasteiger partial charge in [-0.25, -0.2) is 15.0 Å². The molecule has 10 heteroatoms.